The molecule has 1 aromatic heterocycles. The molecule has 2 aromatic rings. The maximum absolute atomic E-state index is 12.4. The summed E-state index contributed by atoms with van der Waals surface area (Å²) in [6.07, 6.45) is 0.134. The van der Waals surface area contributed by atoms with Crippen LogP contribution in [0.2, 0.25) is 0 Å². The van der Waals surface area contributed by atoms with Crippen LogP contribution in [0.4, 0.5) is 5.69 Å². The molecule has 1 atom stereocenters. The monoisotopic (exact) mass is 374 g/mol. The Morgan fingerprint density at radius 2 is 2.08 bits per heavy atom. The van der Waals surface area contributed by atoms with Crippen molar-refractivity contribution in [1.82, 2.24) is 5.32 Å². The van der Waals surface area contributed by atoms with Crippen molar-refractivity contribution < 1.29 is 24.2 Å². The quantitative estimate of drug-likeness (QED) is 0.807. The number of thiophene rings is 1. The van der Waals surface area contributed by atoms with Gasteiger partial charge in [-0.3, -0.25) is 9.59 Å². The van der Waals surface area contributed by atoms with Crippen LogP contribution in [0, 0.1) is 5.92 Å². The fraction of sp³-hybridized carbons (Fsp3) is 0.278. The Morgan fingerprint density at radius 3 is 2.77 bits per heavy atom. The molecule has 1 aromatic carbocycles. The van der Waals surface area contributed by atoms with Crippen molar-refractivity contribution >= 4 is 34.8 Å². The molecule has 2 heterocycles. The summed E-state index contributed by atoms with van der Waals surface area (Å²) in [5.41, 5.74) is 0.652. The molecule has 26 heavy (non-hydrogen) atoms. The average Bonchev–Trinajstić information content (AvgIpc) is 3.26. The molecule has 2 N–H and O–H groups in total. The molecular weight excluding hydrogens is 356 g/mol. The lowest BCUT2D eigenvalue weighted by Gasteiger charge is -2.19. The number of nitrogens with one attached hydrogen (secondary N) is 1. The lowest BCUT2D eigenvalue weighted by Crippen LogP contribution is -2.32. The number of anilines is 1. The van der Waals surface area contributed by atoms with Gasteiger partial charge in [0.1, 0.15) is 10.6 Å². The zero-order chi connectivity index (χ0) is 18.7. The van der Waals surface area contributed by atoms with E-state index in [0.29, 0.717) is 11.4 Å². The van der Waals surface area contributed by atoms with E-state index in [1.54, 1.807) is 23.1 Å². The summed E-state index contributed by atoms with van der Waals surface area (Å²) in [4.78, 5) is 38.2. The Bertz CT molecular complexity index is 848. The van der Waals surface area contributed by atoms with Gasteiger partial charge in [0, 0.05) is 17.8 Å². The summed E-state index contributed by atoms with van der Waals surface area (Å²) >= 11 is 1.12. The molecule has 1 saturated heterocycles. The number of carboxylic acids is 1. The van der Waals surface area contributed by atoms with Gasteiger partial charge in [-0.15, -0.1) is 11.3 Å². The third-order valence-electron chi connectivity index (χ3n) is 4.18. The highest BCUT2D eigenvalue weighted by Gasteiger charge is 2.36. The van der Waals surface area contributed by atoms with Crippen LogP contribution in [0.3, 0.4) is 0 Å². The summed E-state index contributed by atoms with van der Waals surface area (Å²) in [7, 11) is 1.54. The number of carbonyl (C=O) groups is 3. The molecule has 2 amide bonds. The van der Waals surface area contributed by atoms with Gasteiger partial charge in [-0.1, -0.05) is 12.1 Å². The second-order valence-corrected chi connectivity index (χ2v) is 7.03. The highest BCUT2D eigenvalue weighted by atomic mass is 32.1. The van der Waals surface area contributed by atoms with Crippen molar-refractivity contribution in [2.75, 3.05) is 18.6 Å². The third kappa shape index (κ3) is 3.70. The first kappa shape index (κ1) is 17.9. The largest absolute Gasteiger partial charge is 0.495 e. The first-order valence-electron chi connectivity index (χ1n) is 8.02. The van der Waals surface area contributed by atoms with E-state index >= 15 is 0 Å². The second kappa shape index (κ2) is 7.57. The first-order chi connectivity index (χ1) is 12.5. The van der Waals surface area contributed by atoms with Crippen molar-refractivity contribution in [2.24, 2.45) is 5.92 Å². The van der Waals surface area contributed by atoms with Gasteiger partial charge in [0.2, 0.25) is 11.8 Å². The van der Waals surface area contributed by atoms with E-state index in [1.165, 1.54) is 13.2 Å². The van der Waals surface area contributed by atoms with Gasteiger partial charge in [0.15, 0.2) is 0 Å². The van der Waals surface area contributed by atoms with E-state index < -0.39 is 11.9 Å². The van der Waals surface area contributed by atoms with Gasteiger partial charge in [0.05, 0.1) is 25.3 Å². The Hall–Kier alpha value is -2.87. The van der Waals surface area contributed by atoms with Gasteiger partial charge in [-0.2, -0.15) is 0 Å². The molecule has 0 radical (unpaired) electrons. The summed E-state index contributed by atoms with van der Waals surface area (Å²) in [6, 6.07) is 10.4. The number of carboxylic acid groups (broad SMARTS) is 1. The Balaban J connectivity index is 1.62. The number of carbonyl (C=O) groups excluding carboxylic acids is 2. The van der Waals surface area contributed by atoms with Crippen molar-refractivity contribution in [3.05, 3.63) is 46.2 Å². The van der Waals surface area contributed by atoms with Gasteiger partial charge in [-0.25, -0.2) is 4.79 Å². The normalized spacial score (nSPS) is 16.6. The van der Waals surface area contributed by atoms with Crippen molar-refractivity contribution in [1.29, 1.82) is 0 Å². The van der Waals surface area contributed by atoms with Crippen LogP contribution in [-0.4, -0.2) is 36.5 Å². The number of para-hydroxylation sites is 2. The van der Waals surface area contributed by atoms with Crippen LogP contribution in [-0.2, 0) is 16.1 Å². The zero-order valence-electron chi connectivity index (χ0n) is 14.1. The number of hydrogen-bond donors (Lipinski definition) is 2. The number of amides is 2. The average molecular weight is 374 g/mol. The minimum absolute atomic E-state index is 0.126. The lowest BCUT2D eigenvalue weighted by atomic mass is 10.1. The number of nitrogens with zero attached hydrogens (tertiary/aromatic N) is 1. The van der Waals surface area contributed by atoms with Crippen molar-refractivity contribution in [3.8, 4) is 5.75 Å². The summed E-state index contributed by atoms with van der Waals surface area (Å²) < 4.78 is 5.29. The number of rotatable bonds is 6. The number of hydrogen-bond acceptors (Lipinski definition) is 5. The van der Waals surface area contributed by atoms with Crippen LogP contribution < -0.4 is 15.0 Å². The molecule has 0 saturated carbocycles. The third-order valence-corrected chi connectivity index (χ3v) is 5.25. The molecule has 1 aliphatic heterocycles. The Kier molecular flexibility index (Phi) is 5.22. The van der Waals surface area contributed by atoms with Crippen LogP contribution in [0.15, 0.2) is 36.4 Å². The van der Waals surface area contributed by atoms with Crippen LogP contribution in [0.25, 0.3) is 0 Å². The lowest BCUT2D eigenvalue weighted by molar-refractivity contribution is -0.126. The first-order valence-corrected chi connectivity index (χ1v) is 8.84. The highest BCUT2D eigenvalue weighted by molar-refractivity contribution is 7.13. The second-order valence-electron chi connectivity index (χ2n) is 5.87. The number of aromatic carboxylic acids is 1. The van der Waals surface area contributed by atoms with Gasteiger partial charge >= 0.3 is 5.97 Å². The number of methoxy groups -OCH3 is 1. The van der Waals surface area contributed by atoms with Crippen molar-refractivity contribution in [2.45, 2.75) is 13.0 Å². The predicted octanol–water partition coefficient (Wildman–Crippen LogP) is 2.12. The molecule has 0 spiro atoms. The SMILES string of the molecule is COc1ccccc1N1CC(C(=O)NCc2ccc(C(=O)O)s2)CC1=O. The van der Waals surface area contributed by atoms with Gasteiger partial charge < -0.3 is 20.1 Å². The van der Waals surface area contributed by atoms with Crippen LogP contribution in [0.1, 0.15) is 21.0 Å². The van der Waals surface area contributed by atoms with E-state index in [4.69, 9.17) is 9.84 Å². The van der Waals surface area contributed by atoms with E-state index in [1.807, 2.05) is 12.1 Å². The molecule has 7 nitrogen and oxygen atoms in total. The summed E-state index contributed by atoms with van der Waals surface area (Å²) in [5, 5.41) is 11.7. The minimum Gasteiger partial charge on any atom is -0.495 e. The summed E-state index contributed by atoms with van der Waals surface area (Å²) in [5.74, 6) is -1.20. The molecule has 1 unspecified atom stereocenters. The predicted molar refractivity (Wildman–Crippen MR) is 96.6 cm³/mol. The Labute approximate surface area is 154 Å². The van der Waals surface area contributed by atoms with Crippen LogP contribution in [0.5, 0.6) is 5.75 Å². The summed E-state index contributed by atoms with van der Waals surface area (Å²) in [6.45, 7) is 0.534. The van der Waals surface area contributed by atoms with E-state index in [-0.39, 0.29) is 36.2 Å². The number of ether oxygens (including phenoxy) is 1. The molecule has 3 rings (SSSR count). The molecule has 0 bridgehead atoms. The van der Waals surface area contributed by atoms with Gasteiger partial charge in [0.25, 0.3) is 0 Å². The van der Waals surface area contributed by atoms with Crippen molar-refractivity contribution in [3.63, 3.8) is 0 Å². The maximum atomic E-state index is 12.4. The maximum Gasteiger partial charge on any atom is 0.345 e. The molecule has 136 valence electrons. The minimum atomic E-state index is -0.985. The molecule has 0 aliphatic carbocycles. The van der Waals surface area contributed by atoms with Gasteiger partial charge in [-0.05, 0) is 24.3 Å². The molecule has 1 aliphatic rings. The van der Waals surface area contributed by atoms with E-state index in [0.717, 1.165) is 16.2 Å². The highest BCUT2D eigenvalue weighted by Crippen LogP contribution is 2.32. The van der Waals surface area contributed by atoms with E-state index in [9.17, 15) is 14.4 Å². The number of benzene rings is 1. The van der Waals surface area contributed by atoms with Crippen LogP contribution >= 0.6 is 11.3 Å². The van der Waals surface area contributed by atoms with E-state index in [2.05, 4.69) is 5.32 Å². The molecule has 8 heteroatoms. The molecule has 1 fully saturated rings. The fourth-order valence-corrected chi connectivity index (χ4v) is 3.66. The Morgan fingerprint density at radius 1 is 1.31 bits per heavy atom. The smallest absolute Gasteiger partial charge is 0.345 e. The molecular formula is C18H18N2O5S. The topological polar surface area (TPSA) is 95.9 Å². The zero-order valence-corrected chi connectivity index (χ0v) is 14.9. The standard InChI is InChI=1S/C18H18N2O5S/c1-25-14-5-3-2-4-13(14)20-10-11(8-16(20)21)17(22)19-9-12-6-7-15(26-12)18(23)24/h2-7,11H,8-10H2,1H3,(H,19,22)(H,23,24). The fourth-order valence-electron chi connectivity index (χ4n) is 2.88.